The molecule has 9 nitrogen and oxygen atoms in total. The van der Waals surface area contributed by atoms with Crippen molar-refractivity contribution in [3.05, 3.63) is 63.3 Å². The van der Waals surface area contributed by atoms with E-state index in [9.17, 15) is 19.7 Å². The van der Waals surface area contributed by atoms with Crippen molar-refractivity contribution in [2.24, 2.45) is 5.73 Å². The number of primary amides is 1. The largest absolute Gasteiger partial charge is 0.364 e. The summed E-state index contributed by atoms with van der Waals surface area (Å²) in [6.45, 7) is 0. The fraction of sp³-hybridized carbons (Fsp3) is 0.0625. The third-order valence-electron chi connectivity index (χ3n) is 3.51. The van der Waals surface area contributed by atoms with Crippen molar-refractivity contribution in [2.45, 2.75) is 6.42 Å². The van der Waals surface area contributed by atoms with Crippen molar-refractivity contribution in [1.29, 1.82) is 0 Å². The van der Waals surface area contributed by atoms with Gasteiger partial charge in [-0.2, -0.15) is 0 Å². The Morgan fingerprint density at radius 1 is 1.31 bits per heavy atom. The molecule has 10 heteroatoms. The lowest BCUT2D eigenvalue weighted by molar-refractivity contribution is -0.384. The van der Waals surface area contributed by atoms with E-state index in [0.717, 1.165) is 0 Å². The Hall–Kier alpha value is -3.53. The van der Waals surface area contributed by atoms with Gasteiger partial charge in [-0.15, -0.1) is 11.3 Å². The molecule has 2 amide bonds. The highest BCUT2D eigenvalue weighted by Gasteiger charge is 2.12. The third kappa shape index (κ3) is 3.92. The minimum absolute atomic E-state index is 0.0273. The molecule has 26 heavy (non-hydrogen) atoms. The van der Waals surface area contributed by atoms with E-state index in [2.05, 4.69) is 15.3 Å². The summed E-state index contributed by atoms with van der Waals surface area (Å²) in [7, 11) is 0. The van der Waals surface area contributed by atoms with E-state index in [4.69, 9.17) is 5.73 Å². The second kappa shape index (κ2) is 7.15. The average Bonchev–Trinajstić information content (AvgIpc) is 3.24. The highest BCUT2D eigenvalue weighted by Crippen LogP contribution is 2.25. The molecular formula is C16H13N5O4S. The maximum absolute atomic E-state index is 12.1. The van der Waals surface area contributed by atoms with Gasteiger partial charge >= 0.3 is 0 Å². The first-order valence-electron chi connectivity index (χ1n) is 7.39. The number of thiazole rings is 1. The fourth-order valence-corrected chi connectivity index (χ4v) is 2.97. The molecule has 3 rings (SSSR count). The molecule has 3 aromatic rings. The fourth-order valence-electron chi connectivity index (χ4n) is 2.23. The quantitative estimate of drug-likeness (QED) is 0.450. The maximum Gasteiger partial charge on any atom is 0.269 e. The summed E-state index contributed by atoms with van der Waals surface area (Å²) in [6.07, 6.45) is 1.68. The Morgan fingerprint density at radius 3 is 2.65 bits per heavy atom. The van der Waals surface area contributed by atoms with E-state index in [1.807, 2.05) is 0 Å². The lowest BCUT2D eigenvalue weighted by Crippen LogP contribution is -2.14. The van der Waals surface area contributed by atoms with Crippen LogP contribution in [-0.4, -0.2) is 26.7 Å². The minimum atomic E-state index is -0.567. The molecule has 0 aliphatic heterocycles. The van der Waals surface area contributed by atoms with Gasteiger partial charge in [0, 0.05) is 29.3 Å². The van der Waals surface area contributed by atoms with Crippen LogP contribution in [0.4, 0.5) is 10.8 Å². The van der Waals surface area contributed by atoms with Gasteiger partial charge in [-0.25, -0.2) is 4.98 Å². The predicted octanol–water partition coefficient (Wildman–Crippen LogP) is 2.33. The van der Waals surface area contributed by atoms with Crippen LogP contribution in [0.2, 0.25) is 0 Å². The van der Waals surface area contributed by atoms with Crippen LogP contribution in [-0.2, 0) is 11.2 Å². The highest BCUT2D eigenvalue weighted by atomic mass is 32.1. The van der Waals surface area contributed by atoms with Crippen LogP contribution in [0.1, 0.15) is 16.1 Å². The lowest BCUT2D eigenvalue weighted by atomic mass is 10.1. The number of amides is 2. The molecular weight excluding hydrogens is 358 g/mol. The summed E-state index contributed by atoms with van der Waals surface area (Å²) in [5, 5.41) is 15.5. The van der Waals surface area contributed by atoms with Gasteiger partial charge in [0.25, 0.3) is 11.6 Å². The number of carbonyl (C=O) groups excluding carboxylic acids is 2. The van der Waals surface area contributed by atoms with E-state index < -0.39 is 10.8 Å². The molecule has 0 spiro atoms. The van der Waals surface area contributed by atoms with E-state index in [-0.39, 0.29) is 23.7 Å². The molecule has 2 aromatic heterocycles. The smallest absolute Gasteiger partial charge is 0.269 e. The number of benzene rings is 1. The first-order chi connectivity index (χ1) is 12.4. The first-order valence-corrected chi connectivity index (χ1v) is 8.27. The molecule has 0 unspecified atom stereocenters. The number of H-pyrrole nitrogens is 1. The molecule has 0 fully saturated rings. The molecule has 2 heterocycles. The summed E-state index contributed by atoms with van der Waals surface area (Å²) >= 11 is 1.24. The number of aromatic nitrogens is 2. The molecule has 0 bridgehead atoms. The average molecular weight is 371 g/mol. The number of nitrogens with zero attached hydrogens (tertiary/aromatic N) is 2. The number of nitro benzene ring substituents is 1. The van der Waals surface area contributed by atoms with E-state index in [0.29, 0.717) is 22.0 Å². The van der Waals surface area contributed by atoms with Crippen LogP contribution in [0, 0.1) is 10.1 Å². The van der Waals surface area contributed by atoms with Gasteiger partial charge in [-0.1, -0.05) is 12.1 Å². The van der Waals surface area contributed by atoms with E-state index in [1.165, 1.54) is 35.6 Å². The normalized spacial score (nSPS) is 10.5. The second-order valence-corrected chi connectivity index (χ2v) is 6.21. The van der Waals surface area contributed by atoms with Crippen LogP contribution in [0.25, 0.3) is 11.3 Å². The number of aromatic amines is 1. The summed E-state index contributed by atoms with van der Waals surface area (Å²) in [6, 6.07) is 7.37. The topological polar surface area (TPSA) is 144 Å². The molecule has 1 aromatic carbocycles. The summed E-state index contributed by atoms with van der Waals surface area (Å²) in [5.41, 5.74) is 7.38. The number of nitrogens with two attached hydrogens (primary N) is 1. The number of non-ortho nitro benzene ring substituents is 1. The Bertz CT molecular complexity index is 977. The zero-order valence-corrected chi connectivity index (χ0v) is 14.1. The predicted molar refractivity (Wildman–Crippen MR) is 95.8 cm³/mol. The molecule has 0 radical (unpaired) electrons. The van der Waals surface area contributed by atoms with Gasteiger partial charge < -0.3 is 16.0 Å². The summed E-state index contributed by atoms with van der Waals surface area (Å²) < 4.78 is 0. The van der Waals surface area contributed by atoms with Gasteiger partial charge in [-0.05, 0) is 11.6 Å². The van der Waals surface area contributed by atoms with E-state index >= 15 is 0 Å². The molecule has 4 N–H and O–H groups in total. The van der Waals surface area contributed by atoms with Crippen LogP contribution in [0.15, 0.2) is 41.9 Å². The Labute approximate surface area is 151 Å². The van der Waals surface area contributed by atoms with Crippen LogP contribution in [0.3, 0.4) is 0 Å². The van der Waals surface area contributed by atoms with Crippen LogP contribution >= 0.6 is 11.3 Å². The molecule has 0 aliphatic rings. The Balaban J connectivity index is 1.63. The number of anilines is 1. The number of hydrogen-bond donors (Lipinski definition) is 3. The van der Waals surface area contributed by atoms with Crippen LogP contribution in [0.5, 0.6) is 0 Å². The Kier molecular flexibility index (Phi) is 4.76. The van der Waals surface area contributed by atoms with Gasteiger partial charge in [0.1, 0.15) is 5.69 Å². The van der Waals surface area contributed by atoms with Crippen molar-refractivity contribution in [3.63, 3.8) is 0 Å². The minimum Gasteiger partial charge on any atom is -0.364 e. The number of hydrogen-bond acceptors (Lipinski definition) is 6. The van der Waals surface area contributed by atoms with Crippen molar-refractivity contribution in [3.8, 4) is 11.3 Å². The maximum atomic E-state index is 12.1. The number of nitro groups is 1. The van der Waals surface area contributed by atoms with Gasteiger partial charge in [0.05, 0.1) is 17.0 Å². The standard InChI is InChI=1S/C16H13N5O4S/c17-15(23)12-6-10(7-18-12)13-8-26-16(19-13)20-14(22)5-9-1-3-11(4-2-9)21(24)25/h1-4,6-8,18H,5H2,(H2,17,23)(H,19,20,22). The van der Waals surface area contributed by atoms with Gasteiger partial charge in [0.15, 0.2) is 5.13 Å². The lowest BCUT2D eigenvalue weighted by Gasteiger charge is -2.02. The highest BCUT2D eigenvalue weighted by molar-refractivity contribution is 7.14. The van der Waals surface area contributed by atoms with Crippen molar-refractivity contribution < 1.29 is 14.5 Å². The zero-order valence-electron chi connectivity index (χ0n) is 13.3. The summed E-state index contributed by atoms with van der Waals surface area (Å²) in [4.78, 5) is 40.4. The monoisotopic (exact) mass is 371 g/mol. The number of carbonyl (C=O) groups is 2. The SMILES string of the molecule is NC(=O)c1cc(-c2csc(NC(=O)Cc3ccc([N+](=O)[O-])cc3)n2)c[nH]1. The van der Waals surface area contributed by atoms with E-state index in [1.54, 1.807) is 17.6 Å². The molecule has 132 valence electrons. The zero-order chi connectivity index (χ0) is 18.7. The summed E-state index contributed by atoms with van der Waals surface area (Å²) in [5.74, 6) is -0.852. The van der Waals surface area contributed by atoms with Gasteiger partial charge in [-0.3, -0.25) is 19.7 Å². The number of rotatable bonds is 6. The van der Waals surface area contributed by atoms with Crippen molar-refractivity contribution in [1.82, 2.24) is 9.97 Å². The molecule has 0 atom stereocenters. The Morgan fingerprint density at radius 2 is 2.04 bits per heavy atom. The van der Waals surface area contributed by atoms with Crippen LogP contribution < -0.4 is 11.1 Å². The molecule has 0 saturated heterocycles. The third-order valence-corrected chi connectivity index (χ3v) is 4.26. The second-order valence-electron chi connectivity index (χ2n) is 5.35. The number of nitrogens with one attached hydrogen (secondary N) is 2. The molecule has 0 saturated carbocycles. The first kappa shape index (κ1) is 17.3. The molecule has 0 aliphatic carbocycles. The van der Waals surface area contributed by atoms with Crippen molar-refractivity contribution >= 4 is 34.0 Å². The van der Waals surface area contributed by atoms with Crippen molar-refractivity contribution in [2.75, 3.05) is 5.32 Å². The van der Waals surface area contributed by atoms with Gasteiger partial charge in [0.2, 0.25) is 5.91 Å².